The second-order valence-corrected chi connectivity index (χ2v) is 4.12. The Morgan fingerprint density at radius 3 is 2.33 bits per heavy atom. The normalized spacial score (nSPS) is 16.6. The van der Waals surface area contributed by atoms with E-state index in [2.05, 4.69) is 42.4 Å². The van der Waals surface area contributed by atoms with Crippen molar-refractivity contribution in [1.29, 1.82) is 0 Å². The van der Waals surface area contributed by atoms with Gasteiger partial charge in [0.15, 0.2) is 0 Å². The molecule has 0 bridgehead atoms. The first-order valence-corrected chi connectivity index (χ1v) is 6.16. The molecule has 0 spiro atoms. The first-order valence-electron chi connectivity index (χ1n) is 6.16. The van der Waals surface area contributed by atoms with Crippen LogP contribution in [0.4, 0.5) is 5.69 Å². The highest BCUT2D eigenvalue weighted by atomic mass is 79.9. The summed E-state index contributed by atoms with van der Waals surface area (Å²) in [5.41, 5.74) is 3.44. The zero-order valence-corrected chi connectivity index (χ0v) is 12.5. The number of benzene rings is 1. The summed E-state index contributed by atoms with van der Waals surface area (Å²) in [6.07, 6.45) is 1.90. The number of para-hydroxylation sites is 1. The van der Waals surface area contributed by atoms with E-state index in [1.807, 2.05) is 0 Å². The maximum absolute atomic E-state index is 9.62. The number of nitrogens with zero attached hydrogens (tertiary/aromatic N) is 2. The predicted molar refractivity (Wildman–Crippen MR) is 79.1 cm³/mol. The standard InChI is InChI=1S/C13H19N3O.BrH/c1-3-10-6-5-7-11(4-2)12(10)15-13-14-8-9-16(13)17;/h5-7,17H,3-4,8-9H2,1-2H3,(H,14,15);1H. The van der Waals surface area contributed by atoms with Gasteiger partial charge < -0.3 is 5.32 Å². The van der Waals surface area contributed by atoms with E-state index in [4.69, 9.17) is 0 Å². The highest BCUT2D eigenvalue weighted by Crippen LogP contribution is 2.26. The first kappa shape index (κ1) is 15.0. The highest BCUT2D eigenvalue weighted by molar-refractivity contribution is 8.93. The quantitative estimate of drug-likeness (QED) is 0.902. The summed E-state index contributed by atoms with van der Waals surface area (Å²) >= 11 is 0. The van der Waals surface area contributed by atoms with Crippen LogP contribution in [-0.4, -0.2) is 29.3 Å². The lowest BCUT2D eigenvalue weighted by molar-refractivity contribution is -0.00126. The second kappa shape index (κ2) is 6.75. The maximum atomic E-state index is 9.62. The van der Waals surface area contributed by atoms with Gasteiger partial charge in [0.05, 0.1) is 12.2 Å². The molecular formula is C13H20BrN3O. The van der Waals surface area contributed by atoms with E-state index in [1.165, 1.54) is 16.2 Å². The van der Waals surface area contributed by atoms with Crippen molar-refractivity contribution in [3.05, 3.63) is 29.3 Å². The van der Waals surface area contributed by atoms with E-state index in [0.717, 1.165) is 25.1 Å². The molecule has 18 heavy (non-hydrogen) atoms. The molecule has 0 unspecified atom stereocenters. The molecule has 0 aromatic heterocycles. The van der Waals surface area contributed by atoms with Gasteiger partial charge in [-0.15, -0.1) is 17.0 Å². The Kier molecular flexibility index (Phi) is 5.62. The van der Waals surface area contributed by atoms with Gasteiger partial charge in [-0.1, -0.05) is 32.0 Å². The van der Waals surface area contributed by atoms with E-state index in [9.17, 15) is 5.21 Å². The van der Waals surface area contributed by atoms with Crippen LogP contribution in [0.3, 0.4) is 0 Å². The van der Waals surface area contributed by atoms with Crippen LogP contribution in [0, 0.1) is 0 Å². The summed E-state index contributed by atoms with van der Waals surface area (Å²) in [5.74, 6) is 0.556. The van der Waals surface area contributed by atoms with Gasteiger partial charge >= 0.3 is 0 Å². The molecule has 0 radical (unpaired) electrons. The van der Waals surface area contributed by atoms with Crippen molar-refractivity contribution in [1.82, 2.24) is 10.4 Å². The number of hydrogen-bond donors (Lipinski definition) is 2. The summed E-state index contributed by atoms with van der Waals surface area (Å²) in [7, 11) is 0. The Balaban J connectivity index is 0.00000162. The highest BCUT2D eigenvalue weighted by Gasteiger charge is 2.16. The molecule has 0 amide bonds. The Morgan fingerprint density at radius 1 is 1.28 bits per heavy atom. The molecule has 1 aromatic carbocycles. The number of hydrogen-bond acceptors (Lipinski definition) is 2. The van der Waals surface area contributed by atoms with Crippen LogP contribution in [0.2, 0.25) is 0 Å². The van der Waals surface area contributed by atoms with Gasteiger partial charge in [0.25, 0.3) is 0 Å². The lowest BCUT2D eigenvalue weighted by Crippen LogP contribution is -2.26. The number of aliphatic imine (C=N–C) groups is 1. The average Bonchev–Trinajstić information content (AvgIpc) is 2.75. The smallest absolute Gasteiger partial charge is 0.223 e. The molecule has 1 fully saturated rings. The van der Waals surface area contributed by atoms with Gasteiger partial charge in [0, 0.05) is 6.54 Å². The van der Waals surface area contributed by atoms with Crippen molar-refractivity contribution in [2.45, 2.75) is 26.7 Å². The fraction of sp³-hybridized carbons (Fsp3) is 0.462. The molecular weight excluding hydrogens is 294 g/mol. The average molecular weight is 314 g/mol. The molecule has 1 aromatic rings. The minimum atomic E-state index is 0. The van der Waals surface area contributed by atoms with Crippen molar-refractivity contribution in [2.75, 3.05) is 13.1 Å². The van der Waals surface area contributed by atoms with Crippen LogP contribution in [-0.2, 0) is 12.8 Å². The third kappa shape index (κ3) is 3.03. The Bertz CT molecular complexity index is 412. The van der Waals surface area contributed by atoms with Crippen LogP contribution in [0.1, 0.15) is 25.0 Å². The number of rotatable bonds is 3. The van der Waals surface area contributed by atoms with Crippen LogP contribution in [0.15, 0.2) is 23.2 Å². The number of nitrogens with one attached hydrogen (secondary N) is 1. The molecule has 0 atom stereocenters. The zero-order valence-electron chi connectivity index (χ0n) is 10.8. The topological polar surface area (TPSA) is 47.9 Å². The lowest BCUT2D eigenvalue weighted by atomic mass is 10.0. The predicted octanol–water partition coefficient (Wildman–Crippen LogP) is 2.67. The fourth-order valence-corrected chi connectivity index (χ4v) is 2.03. The van der Waals surface area contributed by atoms with Gasteiger partial charge in [-0.3, -0.25) is 5.21 Å². The van der Waals surface area contributed by atoms with Crippen molar-refractivity contribution < 1.29 is 5.21 Å². The summed E-state index contributed by atoms with van der Waals surface area (Å²) in [6.45, 7) is 5.58. The molecule has 2 rings (SSSR count). The second-order valence-electron chi connectivity index (χ2n) is 4.12. The van der Waals surface area contributed by atoms with Gasteiger partial charge in [0.1, 0.15) is 0 Å². The monoisotopic (exact) mass is 313 g/mol. The maximum Gasteiger partial charge on any atom is 0.223 e. The molecule has 0 saturated carbocycles. The molecule has 2 N–H and O–H groups in total. The molecule has 1 aliphatic heterocycles. The van der Waals surface area contributed by atoms with Gasteiger partial charge in [-0.2, -0.15) is 0 Å². The van der Waals surface area contributed by atoms with Gasteiger partial charge in [-0.05, 0) is 24.0 Å². The largest absolute Gasteiger partial charge is 0.352 e. The Morgan fingerprint density at radius 2 is 1.89 bits per heavy atom. The van der Waals surface area contributed by atoms with Crippen molar-refractivity contribution in [3.63, 3.8) is 0 Å². The molecule has 5 heteroatoms. The molecule has 0 aliphatic carbocycles. The molecule has 100 valence electrons. The van der Waals surface area contributed by atoms with Crippen molar-refractivity contribution in [2.24, 2.45) is 4.99 Å². The Hall–Kier alpha value is -1.07. The SMILES string of the molecule is Br.CCc1cccc(CC)c1/N=C1\NCCN1O. The molecule has 1 heterocycles. The van der Waals surface area contributed by atoms with Crippen LogP contribution >= 0.6 is 17.0 Å². The molecule has 1 saturated heterocycles. The minimum Gasteiger partial charge on any atom is -0.352 e. The summed E-state index contributed by atoms with van der Waals surface area (Å²) in [4.78, 5) is 4.56. The Labute approximate surface area is 118 Å². The molecule has 1 aliphatic rings. The van der Waals surface area contributed by atoms with E-state index in [1.54, 1.807) is 0 Å². The van der Waals surface area contributed by atoms with Gasteiger partial charge in [-0.25, -0.2) is 10.1 Å². The first-order chi connectivity index (χ1) is 8.26. The third-order valence-corrected chi connectivity index (χ3v) is 3.03. The van der Waals surface area contributed by atoms with E-state index >= 15 is 0 Å². The van der Waals surface area contributed by atoms with Crippen molar-refractivity contribution in [3.8, 4) is 0 Å². The van der Waals surface area contributed by atoms with Crippen LogP contribution in [0.5, 0.6) is 0 Å². The lowest BCUT2D eigenvalue weighted by Gasteiger charge is -2.12. The minimum absolute atomic E-state index is 0. The number of aryl methyl sites for hydroxylation is 2. The van der Waals surface area contributed by atoms with E-state index in [0.29, 0.717) is 12.5 Å². The van der Waals surface area contributed by atoms with Crippen molar-refractivity contribution >= 4 is 28.6 Å². The van der Waals surface area contributed by atoms with Crippen LogP contribution in [0.25, 0.3) is 0 Å². The summed E-state index contributed by atoms with van der Waals surface area (Å²) < 4.78 is 0. The fourth-order valence-electron chi connectivity index (χ4n) is 2.03. The molecule has 4 nitrogen and oxygen atoms in total. The summed E-state index contributed by atoms with van der Waals surface area (Å²) in [5, 5.41) is 13.9. The van der Waals surface area contributed by atoms with E-state index in [-0.39, 0.29) is 17.0 Å². The van der Waals surface area contributed by atoms with Crippen LogP contribution < -0.4 is 5.32 Å². The zero-order chi connectivity index (χ0) is 12.3. The summed E-state index contributed by atoms with van der Waals surface area (Å²) in [6, 6.07) is 6.25. The van der Waals surface area contributed by atoms with E-state index < -0.39 is 0 Å². The number of halogens is 1. The van der Waals surface area contributed by atoms with Gasteiger partial charge in [0.2, 0.25) is 5.96 Å². The number of guanidine groups is 1. The third-order valence-electron chi connectivity index (χ3n) is 3.03. The number of hydroxylamine groups is 2.